The van der Waals surface area contributed by atoms with Crippen LogP contribution in [0.5, 0.6) is 11.5 Å². The van der Waals surface area contributed by atoms with Gasteiger partial charge in [-0.15, -0.1) is 11.3 Å². The lowest BCUT2D eigenvalue weighted by molar-refractivity contribution is -0.148. The van der Waals surface area contributed by atoms with Crippen LogP contribution in [0.2, 0.25) is 5.02 Å². The third-order valence-corrected chi connectivity index (χ3v) is 9.79. The van der Waals surface area contributed by atoms with Crippen molar-refractivity contribution in [3.8, 4) is 22.8 Å². The summed E-state index contributed by atoms with van der Waals surface area (Å²) in [5.74, 6) is -1.10. The second kappa shape index (κ2) is 12.2. The van der Waals surface area contributed by atoms with Gasteiger partial charge in [0.1, 0.15) is 17.1 Å². The number of carbonyl (C=O) groups is 4. The van der Waals surface area contributed by atoms with Gasteiger partial charge in [-0.3, -0.25) is 24.1 Å². The Balaban J connectivity index is 1.24. The fourth-order valence-corrected chi connectivity index (χ4v) is 7.27. The zero-order valence-corrected chi connectivity index (χ0v) is 26.2. The monoisotopic (exact) mass is 656 g/mol. The molecule has 1 aliphatic carbocycles. The first-order valence-electron chi connectivity index (χ1n) is 15.0. The minimum atomic E-state index is -1.23. The number of rotatable bonds is 8. The number of ether oxygens (including phenoxy) is 2. The van der Waals surface area contributed by atoms with Crippen LogP contribution in [-0.4, -0.2) is 52.3 Å². The van der Waals surface area contributed by atoms with Gasteiger partial charge in [0.25, 0.3) is 11.7 Å². The Morgan fingerprint density at radius 2 is 1.74 bits per heavy atom. The summed E-state index contributed by atoms with van der Waals surface area (Å²) < 4.78 is 10.9. The zero-order valence-electron chi connectivity index (χ0n) is 24.7. The van der Waals surface area contributed by atoms with Gasteiger partial charge in [0, 0.05) is 27.7 Å². The van der Waals surface area contributed by atoms with E-state index in [-0.39, 0.29) is 24.8 Å². The summed E-state index contributed by atoms with van der Waals surface area (Å²) in [6, 6.07) is 19.1. The van der Waals surface area contributed by atoms with E-state index in [0.717, 1.165) is 30.5 Å². The molecule has 7 rings (SSSR count). The molecule has 0 radical (unpaired) electrons. The number of amides is 3. The van der Waals surface area contributed by atoms with E-state index in [4.69, 9.17) is 26.1 Å². The van der Waals surface area contributed by atoms with E-state index in [1.807, 2.05) is 17.5 Å². The second-order valence-corrected chi connectivity index (χ2v) is 12.8. The summed E-state index contributed by atoms with van der Waals surface area (Å²) in [6.45, 7) is -0.245. The summed E-state index contributed by atoms with van der Waals surface area (Å²) in [4.78, 5) is 62.3. The highest BCUT2D eigenvalue weighted by atomic mass is 35.5. The smallest absolute Gasteiger partial charge is 0.299 e. The Hall–Kier alpha value is -4.74. The number of nitrogens with one attached hydrogen (secondary N) is 1. The molecule has 234 valence electrons. The van der Waals surface area contributed by atoms with Crippen LogP contribution in [0.1, 0.15) is 47.5 Å². The summed E-state index contributed by atoms with van der Waals surface area (Å²) in [5, 5.41) is 6.17. The molecule has 3 amide bonds. The molecule has 46 heavy (non-hydrogen) atoms. The largest absolute Gasteiger partial charge is 0.454 e. The summed E-state index contributed by atoms with van der Waals surface area (Å²) in [5.41, 5.74) is 1.51. The lowest BCUT2D eigenvalue weighted by Gasteiger charge is -2.45. The molecule has 1 saturated carbocycles. The van der Waals surface area contributed by atoms with E-state index in [2.05, 4.69) is 5.32 Å². The molecule has 2 aliphatic heterocycles. The number of carbonyl (C=O) groups excluding carboxylic acids is 4. The number of hydrogen-bond acceptors (Lipinski definition) is 8. The molecule has 3 aromatic carbocycles. The van der Waals surface area contributed by atoms with E-state index in [1.54, 1.807) is 59.5 Å². The van der Waals surface area contributed by atoms with Crippen LogP contribution < -0.4 is 19.7 Å². The van der Waals surface area contributed by atoms with Crippen molar-refractivity contribution in [2.75, 3.05) is 23.6 Å². The number of hydrogen-bond donors (Lipinski definition) is 1. The molecule has 1 N–H and O–H groups in total. The highest BCUT2D eigenvalue weighted by Crippen LogP contribution is 2.39. The quantitative estimate of drug-likeness (QED) is 0.228. The molecule has 0 atom stereocenters. The standard InChI is InChI=1S/C34H29ClN4O6S/c35-22-10-8-21(9-11-22)25-19-46-29(37-25)17-39(30(40)18-38-26-7-3-2-6-24(26)31(41)32(38)42)34(14-4-1-5-15-34)33(43)36-23-12-13-27-28(16-23)45-20-44-27/h2-3,6-13,16,19H,1,4-5,14-15,17-18,20H2,(H,36,43). The lowest BCUT2D eigenvalue weighted by Crippen LogP contribution is -2.61. The van der Waals surface area contributed by atoms with Crippen molar-refractivity contribution in [2.24, 2.45) is 0 Å². The lowest BCUT2D eigenvalue weighted by atomic mass is 9.79. The number of nitrogens with zero attached hydrogens (tertiary/aromatic N) is 3. The molecular weight excluding hydrogens is 628 g/mol. The Morgan fingerprint density at radius 3 is 2.54 bits per heavy atom. The zero-order chi connectivity index (χ0) is 31.8. The number of benzene rings is 3. The van der Waals surface area contributed by atoms with Gasteiger partial charge >= 0.3 is 0 Å². The number of halogens is 1. The van der Waals surface area contributed by atoms with Crippen LogP contribution in [0, 0.1) is 0 Å². The van der Waals surface area contributed by atoms with Gasteiger partial charge in [0.15, 0.2) is 11.5 Å². The summed E-state index contributed by atoms with van der Waals surface area (Å²) in [6.07, 6.45) is 3.24. The molecule has 1 aromatic heterocycles. The minimum absolute atomic E-state index is 0.0449. The van der Waals surface area contributed by atoms with Crippen LogP contribution in [0.3, 0.4) is 0 Å². The summed E-state index contributed by atoms with van der Waals surface area (Å²) >= 11 is 7.47. The van der Waals surface area contributed by atoms with E-state index in [0.29, 0.717) is 45.7 Å². The molecule has 0 bridgehead atoms. The van der Waals surface area contributed by atoms with Crippen LogP contribution in [-0.2, 0) is 20.9 Å². The minimum Gasteiger partial charge on any atom is -0.454 e. The van der Waals surface area contributed by atoms with Gasteiger partial charge in [-0.25, -0.2) is 4.98 Å². The first kappa shape index (κ1) is 29.9. The predicted octanol–water partition coefficient (Wildman–Crippen LogP) is 6.09. The normalized spacial score (nSPS) is 16.3. The van der Waals surface area contributed by atoms with Gasteiger partial charge in [0.2, 0.25) is 18.6 Å². The van der Waals surface area contributed by atoms with Gasteiger partial charge in [-0.05, 0) is 49.2 Å². The van der Waals surface area contributed by atoms with Crippen molar-refractivity contribution in [1.82, 2.24) is 9.88 Å². The van der Waals surface area contributed by atoms with Crippen molar-refractivity contribution in [3.05, 3.63) is 87.7 Å². The van der Waals surface area contributed by atoms with Crippen molar-refractivity contribution in [2.45, 2.75) is 44.2 Å². The second-order valence-electron chi connectivity index (χ2n) is 11.5. The topological polar surface area (TPSA) is 118 Å². The molecule has 12 heteroatoms. The van der Waals surface area contributed by atoms with E-state index in [1.165, 1.54) is 16.2 Å². The molecule has 0 unspecified atom stereocenters. The fraction of sp³-hybridized carbons (Fsp3) is 0.265. The van der Waals surface area contributed by atoms with Gasteiger partial charge < -0.3 is 19.7 Å². The van der Waals surface area contributed by atoms with Crippen molar-refractivity contribution in [1.29, 1.82) is 0 Å². The summed E-state index contributed by atoms with van der Waals surface area (Å²) in [7, 11) is 0. The maximum Gasteiger partial charge on any atom is 0.299 e. The van der Waals surface area contributed by atoms with E-state index in [9.17, 15) is 19.2 Å². The number of ketones is 1. The number of Topliss-reactive ketones (excluding diaryl/α,β-unsaturated/α-hetero) is 1. The molecule has 4 aromatic rings. The predicted molar refractivity (Wildman–Crippen MR) is 173 cm³/mol. The van der Waals surface area contributed by atoms with Gasteiger partial charge in [-0.1, -0.05) is 55.1 Å². The number of anilines is 2. The van der Waals surface area contributed by atoms with E-state index < -0.39 is 29.7 Å². The molecule has 3 heterocycles. The number of aromatic nitrogens is 1. The molecular formula is C34H29ClN4O6S. The maximum atomic E-state index is 14.5. The number of fused-ring (bicyclic) bond motifs is 2. The first-order valence-corrected chi connectivity index (χ1v) is 16.3. The van der Waals surface area contributed by atoms with Crippen LogP contribution in [0.25, 0.3) is 11.3 Å². The number of thiazole rings is 1. The number of para-hydroxylation sites is 1. The van der Waals surface area contributed by atoms with Crippen LogP contribution >= 0.6 is 22.9 Å². The third-order valence-electron chi connectivity index (χ3n) is 8.71. The molecule has 3 aliphatic rings. The Labute approximate surface area is 273 Å². The average Bonchev–Trinajstić information content (AvgIpc) is 3.80. The maximum absolute atomic E-state index is 14.5. The van der Waals surface area contributed by atoms with Gasteiger partial charge in [-0.2, -0.15) is 0 Å². The Morgan fingerprint density at radius 1 is 0.978 bits per heavy atom. The van der Waals surface area contributed by atoms with Crippen molar-refractivity contribution < 1.29 is 28.7 Å². The SMILES string of the molecule is O=C1C(=O)N(CC(=O)N(Cc2nc(-c3ccc(Cl)cc3)cs2)C2(C(=O)Nc3ccc4c(c3)OCO4)CCCCC2)c2ccccc21. The Bertz CT molecular complexity index is 1850. The van der Waals surface area contributed by atoms with Crippen molar-refractivity contribution >= 4 is 57.8 Å². The fourth-order valence-electron chi connectivity index (χ4n) is 6.35. The average molecular weight is 657 g/mol. The highest BCUT2D eigenvalue weighted by Gasteiger charge is 2.48. The van der Waals surface area contributed by atoms with Crippen molar-refractivity contribution in [3.63, 3.8) is 0 Å². The van der Waals surface area contributed by atoms with Crippen LogP contribution in [0.15, 0.2) is 72.1 Å². The van der Waals surface area contributed by atoms with E-state index >= 15 is 0 Å². The molecule has 10 nitrogen and oxygen atoms in total. The van der Waals surface area contributed by atoms with Gasteiger partial charge in [0.05, 0.1) is 23.5 Å². The van der Waals surface area contributed by atoms with Crippen LogP contribution in [0.4, 0.5) is 11.4 Å². The third kappa shape index (κ3) is 5.50. The highest BCUT2D eigenvalue weighted by molar-refractivity contribution is 7.09. The molecule has 1 fully saturated rings. The Kier molecular flexibility index (Phi) is 7.95. The molecule has 0 saturated heterocycles. The first-order chi connectivity index (χ1) is 22.3. The molecule has 0 spiro atoms.